The number of anilines is 1. The lowest BCUT2D eigenvalue weighted by atomic mass is 10.1. The summed E-state index contributed by atoms with van der Waals surface area (Å²) in [5.74, 6) is 0.941. The minimum atomic E-state index is -0.315. The van der Waals surface area contributed by atoms with Gasteiger partial charge in [-0.3, -0.25) is 0 Å². The second kappa shape index (κ2) is 6.88. The van der Waals surface area contributed by atoms with Gasteiger partial charge in [-0.05, 0) is 43.2 Å². The molecule has 26 heavy (non-hydrogen) atoms. The number of fused-ring (bicyclic) bond motifs is 1. The second-order valence-corrected chi connectivity index (χ2v) is 6.47. The molecule has 0 atom stereocenters. The normalized spacial score (nSPS) is 15.5. The zero-order chi connectivity index (χ0) is 18.1. The number of piperidine rings is 1. The molecule has 1 N–H and O–H groups in total. The van der Waals surface area contributed by atoms with Crippen molar-refractivity contribution in [3.8, 4) is 17.1 Å². The van der Waals surface area contributed by atoms with E-state index in [9.17, 15) is 9.50 Å². The monoisotopic (exact) mass is 353 g/mol. The van der Waals surface area contributed by atoms with Crippen molar-refractivity contribution in [2.45, 2.75) is 18.9 Å². The van der Waals surface area contributed by atoms with Crippen molar-refractivity contribution < 1.29 is 14.2 Å². The summed E-state index contributed by atoms with van der Waals surface area (Å²) in [7, 11) is 1.73. The van der Waals surface area contributed by atoms with Crippen LogP contribution in [0.3, 0.4) is 0 Å². The van der Waals surface area contributed by atoms with Crippen molar-refractivity contribution in [1.29, 1.82) is 0 Å². The predicted octanol–water partition coefficient (Wildman–Crippen LogP) is 3.76. The average Bonchev–Trinajstić information content (AvgIpc) is 2.68. The fourth-order valence-corrected chi connectivity index (χ4v) is 3.41. The van der Waals surface area contributed by atoms with Gasteiger partial charge in [-0.2, -0.15) is 0 Å². The number of phenolic OH excluding ortho intramolecular Hbond substituents is 1. The highest BCUT2D eigenvalue weighted by molar-refractivity contribution is 5.91. The fraction of sp³-hybridized carbons (Fsp3) is 0.300. The number of rotatable bonds is 3. The number of aromatic nitrogens is 2. The molecule has 0 aliphatic carbocycles. The minimum Gasteiger partial charge on any atom is -0.507 e. The van der Waals surface area contributed by atoms with Crippen LogP contribution >= 0.6 is 0 Å². The van der Waals surface area contributed by atoms with Gasteiger partial charge in [-0.15, -0.1) is 0 Å². The molecule has 0 unspecified atom stereocenters. The molecule has 1 saturated heterocycles. The number of halogens is 1. The summed E-state index contributed by atoms with van der Waals surface area (Å²) in [4.78, 5) is 11.4. The molecule has 4 rings (SSSR count). The molecule has 1 aromatic heterocycles. The van der Waals surface area contributed by atoms with Crippen molar-refractivity contribution in [1.82, 2.24) is 9.97 Å². The standard InChI is InChI=1S/C20H20FN3O2/c1-26-14-8-10-24(11-9-14)20-16-12-13(21)6-7-17(16)22-19(23-20)15-4-2-3-5-18(15)25/h2-7,12,14,25H,8-11H2,1H3. The second-order valence-electron chi connectivity index (χ2n) is 6.47. The van der Waals surface area contributed by atoms with E-state index in [0.717, 1.165) is 25.9 Å². The molecule has 0 amide bonds. The van der Waals surface area contributed by atoms with Gasteiger partial charge in [0, 0.05) is 25.6 Å². The van der Waals surface area contributed by atoms with Gasteiger partial charge >= 0.3 is 0 Å². The largest absolute Gasteiger partial charge is 0.507 e. The van der Waals surface area contributed by atoms with E-state index < -0.39 is 0 Å². The molecule has 1 aliphatic rings. The first-order valence-corrected chi connectivity index (χ1v) is 8.69. The zero-order valence-corrected chi connectivity index (χ0v) is 14.5. The highest BCUT2D eigenvalue weighted by Gasteiger charge is 2.23. The molecule has 2 heterocycles. The molecular formula is C20H20FN3O2. The number of methoxy groups -OCH3 is 1. The summed E-state index contributed by atoms with van der Waals surface area (Å²) < 4.78 is 19.3. The van der Waals surface area contributed by atoms with Gasteiger partial charge in [0.05, 0.1) is 17.2 Å². The van der Waals surface area contributed by atoms with E-state index in [-0.39, 0.29) is 17.7 Å². The first-order chi connectivity index (χ1) is 12.7. The molecule has 0 bridgehead atoms. The van der Waals surface area contributed by atoms with Crippen LogP contribution < -0.4 is 4.90 Å². The smallest absolute Gasteiger partial charge is 0.165 e. The lowest BCUT2D eigenvalue weighted by molar-refractivity contribution is 0.0818. The SMILES string of the molecule is COC1CCN(c2nc(-c3ccccc3O)nc3ccc(F)cc23)CC1. The third-order valence-electron chi connectivity index (χ3n) is 4.86. The molecule has 3 aromatic rings. The molecule has 134 valence electrons. The van der Waals surface area contributed by atoms with Crippen molar-refractivity contribution in [2.75, 3.05) is 25.1 Å². The van der Waals surface area contributed by atoms with Crippen LogP contribution in [0.25, 0.3) is 22.3 Å². The molecule has 1 aliphatic heterocycles. The Balaban J connectivity index is 1.84. The van der Waals surface area contributed by atoms with E-state index in [1.54, 1.807) is 31.4 Å². The Morgan fingerprint density at radius 2 is 1.88 bits per heavy atom. The molecule has 6 heteroatoms. The Labute approximate surface area is 151 Å². The van der Waals surface area contributed by atoms with Gasteiger partial charge in [0.2, 0.25) is 0 Å². The lowest BCUT2D eigenvalue weighted by Crippen LogP contribution is -2.37. The van der Waals surface area contributed by atoms with Gasteiger partial charge < -0.3 is 14.7 Å². The Morgan fingerprint density at radius 3 is 2.62 bits per heavy atom. The molecule has 0 saturated carbocycles. The first-order valence-electron chi connectivity index (χ1n) is 8.69. The molecule has 0 spiro atoms. The Morgan fingerprint density at radius 1 is 1.12 bits per heavy atom. The fourth-order valence-electron chi connectivity index (χ4n) is 3.41. The van der Waals surface area contributed by atoms with Crippen LogP contribution in [0.1, 0.15) is 12.8 Å². The summed E-state index contributed by atoms with van der Waals surface area (Å²) in [6, 6.07) is 11.5. The van der Waals surface area contributed by atoms with Crippen LogP contribution in [0, 0.1) is 5.82 Å². The summed E-state index contributed by atoms with van der Waals surface area (Å²) in [5.41, 5.74) is 1.22. The van der Waals surface area contributed by atoms with Crippen LogP contribution in [0.4, 0.5) is 10.2 Å². The van der Waals surface area contributed by atoms with Crippen LogP contribution in [0.15, 0.2) is 42.5 Å². The topological polar surface area (TPSA) is 58.5 Å². The number of aromatic hydroxyl groups is 1. The van der Waals surface area contributed by atoms with Crippen molar-refractivity contribution in [2.24, 2.45) is 0 Å². The number of hydrogen-bond donors (Lipinski definition) is 1. The van der Waals surface area contributed by atoms with E-state index in [2.05, 4.69) is 9.88 Å². The van der Waals surface area contributed by atoms with Gasteiger partial charge in [-0.25, -0.2) is 14.4 Å². The maximum Gasteiger partial charge on any atom is 0.165 e. The van der Waals surface area contributed by atoms with E-state index in [1.165, 1.54) is 12.1 Å². The molecular weight excluding hydrogens is 333 g/mol. The highest BCUT2D eigenvalue weighted by Crippen LogP contribution is 2.33. The number of para-hydroxylation sites is 1. The highest BCUT2D eigenvalue weighted by atomic mass is 19.1. The molecule has 0 radical (unpaired) electrons. The van der Waals surface area contributed by atoms with Crippen molar-refractivity contribution in [3.63, 3.8) is 0 Å². The summed E-state index contributed by atoms with van der Waals surface area (Å²) in [5, 5.41) is 10.9. The number of nitrogens with zero attached hydrogens (tertiary/aromatic N) is 3. The Hall–Kier alpha value is -2.73. The lowest BCUT2D eigenvalue weighted by Gasteiger charge is -2.32. The van der Waals surface area contributed by atoms with Crippen LogP contribution in [0.2, 0.25) is 0 Å². The van der Waals surface area contributed by atoms with E-state index >= 15 is 0 Å². The molecule has 5 nitrogen and oxygen atoms in total. The number of hydrogen-bond acceptors (Lipinski definition) is 5. The Kier molecular flexibility index (Phi) is 4.42. The van der Waals surface area contributed by atoms with Crippen LogP contribution in [0.5, 0.6) is 5.75 Å². The van der Waals surface area contributed by atoms with E-state index in [0.29, 0.717) is 28.1 Å². The number of ether oxygens (including phenoxy) is 1. The predicted molar refractivity (Wildman–Crippen MR) is 98.8 cm³/mol. The molecule has 1 fully saturated rings. The minimum absolute atomic E-state index is 0.123. The molecule has 2 aromatic carbocycles. The van der Waals surface area contributed by atoms with Gasteiger partial charge in [-0.1, -0.05) is 12.1 Å². The summed E-state index contributed by atoms with van der Waals surface area (Å²) in [6.07, 6.45) is 2.03. The van der Waals surface area contributed by atoms with Gasteiger partial charge in [0.15, 0.2) is 5.82 Å². The van der Waals surface area contributed by atoms with Crippen molar-refractivity contribution >= 4 is 16.7 Å². The van der Waals surface area contributed by atoms with Crippen LogP contribution in [-0.4, -0.2) is 41.4 Å². The summed E-state index contributed by atoms with van der Waals surface area (Å²) in [6.45, 7) is 1.56. The van der Waals surface area contributed by atoms with Crippen molar-refractivity contribution in [3.05, 3.63) is 48.3 Å². The number of benzene rings is 2. The van der Waals surface area contributed by atoms with Crippen LogP contribution in [-0.2, 0) is 4.74 Å². The summed E-state index contributed by atoms with van der Waals surface area (Å²) >= 11 is 0. The third-order valence-corrected chi connectivity index (χ3v) is 4.86. The average molecular weight is 353 g/mol. The third kappa shape index (κ3) is 3.08. The quantitative estimate of drug-likeness (QED) is 0.777. The van der Waals surface area contributed by atoms with Gasteiger partial charge in [0.1, 0.15) is 17.4 Å². The zero-order valence-electron chi connectivity index (χ0n) is 14.5. The number of phenols is 1. The Bertz CT molecular complexity index is 939. The van der Waals surface area contributed by atoms with Gasteiger partial charge in [0.25, 0.3) is 0 Å². The first kappa shape index (κ1) is 16.7. The maximum absolute atomic E-state index is 13.9. The van der Waals surface area contributed by atoms with E-state index in [4.69, 9.17) is 9.72 Å². The maximum atomic E-state index is 13.9. The van der Waals surface area contributed by atoms with E-state index in [1.807, 2.05) is 6.07 Å².